The third-order valence-corrected chi connectivity index (χ3v) is 5.23. The zero-order valence-corrected chi connectivity index (χ0v) is 14.5. The van der Waals surface area contributed by atoms with E-state index in [1.54, 1.807) is 24.3 Å². The molecule has 2 N–H and O–H groups in total. The first-order valence-corrected chi connectivity index (χ1v) is 9.53. The SMILES string of the molecule is O=S(=O)(NCc1ccccc1)c1ccc(NCc2ccccc2)cc1. The molecule has 0 radical (unpaired) electrons. The molecule has 0 amide bonds. The Bertz CT molecular complexity index is 893. The molecular weight excluding hydrogens is 332 g/mol. The van der Waals surface area contributed by atoms with E-state index in [0.717, 1.165) is 11.3 Å². The summed E-state index contributed by atoms with van der Waals surface area (Å²) in [6.07, 6.45) is 0. The first kappa shape index (κ1) is 17.2. The number of hydrogen-bond acceptors (Lipinski definition) is 3. The van der Waals surface area contributed by atoms with Gasteiger partial charge in [0.15, 0.2) is 0 Å². The fourth-order valence-electron chi connectivity index (χ4n) is 2.41. The van der Waals surface area contributed by atoms with Gasteiger partial charge in [0, 0.05) is 18.8 Å². The molecule has 0 aliphatic heterocycles. The summed E-state index contributed by atoms with van der Waals surface area (Å²) in [7, 11) is -3.52. The van der Waals surface area contributed by atoms with E-state index in [1.807, 2.05) is 60.7 Å². The molecule has 0 spiro atoms. The lowest BCUT2D eigenvalue weighted by molar-refractivity contribution is 0.581. The molecule has 25 heavy (non-hydrogen) atoms. The van der Waals surface area contributed by atoms with E-state index in [1.165, 1.54) is 5.56 Å². The van der Waals surface area contributed by atoms with Crippen LogP contribution in [0.15, 0.2) is 89.8 Å². The van der Waals surface area contributed by atoms with E-state index in [-0.39, 0.29) is 11.4 Å². The number of sulfonamides is 1. The molecule has 5 heteroatoms. The molecule has 0 heterocycles. The summed E-state index contributed by atoms with van der Waals surface area (Å²) in [5.74, 6) is 0. The predicted octanol–water partition coefficient (Wildman–Crippen LogP) is 3.78. The van der Waals surface area contributed by atoms with Gasteiger partial charge < -0.3 is 5.32 Å². The summed E-state index contributed by atoms with van der Waals surface area (Å²) in [4.78, 5) is 0.258. The normalized spacial score (nSPS) is 11.2. The maximum atomic E-state index is 12.4. The highest BCUT2D eigenvalue weighted by Gasteiger charge is 2.13. The maximum Gasteiger partial charge on any atom is 0.240 e. The molecule has 0 atom stereocenters. The highest BCUT2D eigenvalue weighted by atomic mass is 32.2. The second-order valence-electron chi connectivity index (χ2n) is 5.67. The van der Waals surface area contributed by atoms with E-state index in [4.69, 9.17) is 0 Å². The summed E-state index contributed by atoms with van der Waals surface area (Å²) in [6.45, 7) is 0.969. The molecule has 0 bridgehead atoms. The maximum absolute atomic E-state index is 12.4. The van der Waals surface area contributed by atoms with Gasteiger partial charge in [-0.05, 0) is 35.4 Å². The van der Waals surface area contributed by atoms with Gasteiger partial charge in [0.2, 0.25) is 10.0 Å². The van der Waals surface area contributed by atoms with Crippen LogP contribution < -0.4 is 10.0 Å². The van der Waals surface area contributed by atoms with Crippen LogP contribution in [0.3, 0.4) is 0 Å². The van der Waals surface area contributed by atoms with Gasteiger partial charge in [0.1, 0.15) is 0 Å². The summed E-state index contributed by atoms with van der Waals surface area (Å²) in [5.41, 5.74) is 2.97. The molecule has 3 rings (SSSR count). The van der Waals surface area contributed by atoms with Crippen LogP contribution in [-0.4, -0.2) is 8.42 Å². The Balaban J connectivity index is 1.60. The van der Waals surface area contributed by atoms with Gasteiger partial charge in [0.05, 0.1) is 4.90 Å². The van der Waals surface area contributed by atoms with Crippen molar-refractivity contribution in [3.63, 3.8) is 0 Å². The number of benzene rings is 3. The van der Waals surface area contributed by atoms with Crippen molar-refractivity contribution in [3.05, 3.63) is 96.1 Å². The van der Waals surface area contributed by atoms with E-state index < -0.39 is 10.0 Å². The minimum absolute atomic E-state index is 0.258. The van der Waals surface area contributed by atoms with Gasteiger partial charge in [0.25, 0.3) is 0 Å². The molecule has 0 saturated carbocycles. The lowest BCUT2D eigenvalue weighted by Gasteiger charge is -2.09. The summed E-state index contributed by atoms with van der Waals surface area (Å²) < 4.78 is 27.3. The first-order chi connectivity index (χ1) is 12.1. The Labute approximate surface area is 148 Å². The van der Waals surface area contributed by atoms with Gasteiger partial charge in [-0.15, -0.1) is 0 Å². The molecule has 0 unspecified atom stereocenters. The van der Waals surface area contributed by atoms with Crippen LogP contribution in [0.5, 0.6) is 0 Å². The molecule has 3 aromatic carbocycles. The molecule has 3 aromatic rings. The molecule has 0 fully saturated rings. The van der Waals surface area contributed by atoms with Crippen LogP contribution in [0, 0.1) is 0 Å². The third-order valence-electron chi connectivity index (χ3n) is 3.81. The second kappa shape index (κ2) is 7.96. The number of hydrogen-bond donors (Lipinski definition) is 2. The average molecular weight is 352 g/mol. The number of nitrogens with one attached hydrogen (secondary N) is 2. The second-order valence-corrected chi connectivity index (χ2v) is 7.44. The lowest BCUT2D eigenvalue weighted by atomic mass is 10.2. The molecule has 4 nitrogen and oxygen atoms in total. The Morgan fingerprint density at radius 2 is 1.16 bits per heavy atom. The third kappa shape index (κ3) is 4.92. The van der Waals surface area contributed by atoms with Crippen molar-refractivity contribution in [2.24, 2.45) is 0 Å². The minimum Gasteiger partial charge on any atom is -0.381 e. The van der Waals surface area contributed by atoms with Crippen LogP contribution in [-0.2, 0) is 23.1 Å². The topological polar surface area (TPSA) is 58.2 Å². The first-order valence-electron chi connectivity index (χ1n) is 8.05. The summed E-state index contributed by atoms with van der Waals surface area (Å²) in [6, 6.07) is 26.3. The Morgan fingerprint density at radius 1 is 0.640 bits per heavy atom. The summed E-state index contributed by atoms with van der Waals surface area (Å²) in [5, 5.41) is 3.28. The van der Waals surface area contributed by atoms with Gasteiger partial charge in [-0.25, -0.2) is 13.1 Å². The number of anilines is 1. The molecule has 0 aliphatic rings. The van der Waals surface area contributed by atoms with Crippen LogP contribution in [0.2, 0.25) is 0 Å². The van der Waals surface area contributed by atoms with Gasteiger partial charge in [-0.3, -0.25) is 0 Å². The van der Waals surface area contributed by atoms with E-state index >= 15 is 0 Å². The zero-order valence-electron chi connectivity index (χ0n) is 13.7. The smallest absolute Gasteiger partial charge is 0.240 e. The molecular formula is C20H20N2O2S. The standard InChI is InChI=1S/C20H20N2O2S/c23-25(24,22-16-18-9-5-2-6-10-18)20-13-11-19(12-14-20)21-15-17-7-3-1-4-8-17/h1-14,21-22H,15-16H2. The largest absolute Gasteiger partial charge is 0.381 e. The fourth-order valence-corrected chi connectivity index (χ4v) is 3.43. The van der Waals surface area contributed by atoms with Crippen molar-refractivity contribution >= 4 is 15.7 Å². The lowest BCUT2D eigenvalue weighted by Crippen LogP contribution is -2.23. The van der Waals surface area contributed by atoms with Gasteiger partial charge in [-0.1, -0.05) is 60.7 Å². The predicted molar refractivity (Wildman–Crippen MR) is 101 cm³/mol. The van der Waals surface area contributed by atoms with Crippen LogP contribution in [0.25, 0.3) is 0 Å². The quantitative estimate of drug-likeness (QED) is 0.680. The molecule has 128 valence electrons. The average Bonchev–Trinajstić information content (AvgIpc) is 2.67. The van der Waals surface area contributed by atoms with Crippen LogP contribution in [0.1, 0.15) is 11.1 Å². The fraction of sp³-hybridized carbons (Fsp3) is 0.100. The van der Waals surface area contributed by atoms with Crippen LogP contribution in [0.4, 0.5) is 5.69 Å². The van der Waals surface area contributed by atoms with Gasteiger partial charge in [-0.2, -0.15) is 0 Å². The van der Waals surface area contributed by atoms with Crippen molar-refractivity contribution in [2.75, 3.05) is 5.32 Å². The molecule has 0 saturated heterocycles. The molecule has 0 aromatic heterocycles. The monoisotopic (exact) mass is 352 g/mol. The van der Waals surface area contributed by atoms with E-state index in [0.29, 0.717) is 6.54 Å². The van der Waals surface area contributed by atoms with E-state index in [9.17, 15) is 8.42 Å². The van der Waals surface area contributed by atoms with Crippen molar-refractivity contribution < 1.29 is 8.42 Å². The Morgan fingerprint density at radius 3 is 1.72 bits per heavy atom. The highest BCUT2D eigenvalue weighted by molar-refractivity contribution is 7.89. The van der Waals surface area contributed by atoms with Gasteiger partial charge >= 0.3 is 0 Å². The van der Waals surface area contributed by atoms with Crippen molar-refractivity contribution in [1.29, 1.82) is 0 Å². The Kier molecular flexibility index (Phi) is 5.48. The minimum atomic E-state index is -3.52. The zero-order chi connectivity index (χ0) is 17.5. The van der Waals surface area contributed by atoms with E-state index in [2.05, 4.69) is 10.0 Å². The van der Waals surface area contributed by atoms with Crippen molar-refractivity contribution in [3.8, 4) is 0 Å². The van der Waals surface area contributed by atoms with Crippen molar-refractivity contribution in [1.82, 2.24) is 4.72 Å². The highest BCUT2D eigenvalue weighted by Crippen LogP contribution is 2.15. The van der Waals surface area contributed by atoms with Crippen molar-refractivity contribution in [2.45, 2.75) is 18.0 Å². The Hall–Kier alpha value is -2.63. The van der Waals surface area contributed by atoms with Crippen LogP contribution >= 0.6 is 0 Å². The molecule has 0 aliphatic carbocycles. The summed E-state index contributed by atoms with van der Waals surface area (Å²) >= 11 is 0. The number of rotatable bonds is 7.